The van der Waals surface area contributed by atoms with Crippen LogP contribution in [0.1, 0.15) is 36.8 Å². The fourth-order valence-electron chi connectivity index (χ4n) is 5.87. The standard InChI is InChI=1S/C29H29F3N4O4S/c30-29(31,32)21-4-8-26(33-18-21)34-22-9-13-36(14-10-22)41(38,39)23-5-1-19(2-6-23)20-3-7-25-24(17-20)28(27(37)35-25)11-15-40-16-12-28/h1-8,17-18,22H,9-16H2,(H,33,34)(H,35,37). The van der Waals surface area contributed by atoms with Crippen LogP contribution >= 0.6 is 0 Å². The molecule has 1 spiro atoms. The lowest BCUT2D eigenvalue weighted by Crippen LogP contribution is -2.42. The Morgan fingerprint density at radius 3 is 2.29 bits per heavy atom. The number of alkyl halides is 3. The summed E-state index contributed by atoms with van der Waals surface area (Å²) in [4.78, 5) is 16.9. The lowest BCUT2D eigenvalue weighted by molar-refractivity contribution is -0.137. The second-order valence-electron chi connectivity index (χ2n) is 10.7. The van der Waals surface area contributed by atoms with Crippen LogP contribution < -0.4 is 10.6 Å². The number of anilines is 2. The number of amides is 1. The van der Waals surface area contributed by atoms with Crippen molar-refractivity contribution in [2.45, 2.75) is 48.2 Å². The Morgan fingerprint density at radius 2 is 1.66 bits per heavy atom. The number of fused-ring (bicyclic) bond motifs is 2. The number of ether oxygens (including phenoxy) is 1. The summed E-state index contributed by atoms with van der Waals surface area (Å²) in [6, 6.07) is 14.7. The molecule has 0 atom stereocenters. The van der Waals surface area contributed by atoms with Gasteiger partial charge in [-0.1, -0.05) is 18.2 Å². The van der Waals surface area contributed by atoms with Crippen LogP contribution in [-0.4, -0.2) is 56.0 Å². The molecule has 2 N–H and O–H groups in total. The highest BCUT2D eigenvalue weighted by molar-refractivity contribution is 7.89. The Bertz CT molecular complexity index is 1550. The molecule has 1 amide bonds. The molecule has 6 rings (SSSR count). The lowest BCUT2D eigenvalue weighted by Gasteiger charge is -2.32. The number of carbonyl (C=O) groups is 1. The second-order valence-corrected chi connectivity index (χ2v) is 12.6. The van der Waals surface area contributed by atoms with E-state index in [0.717, 1.165) is 34.6 Å². The van der Waals surface area contributed by atoms with E-state index in [1.165, 1.54) is 10.4 Å². The van der Waals surface area contributed by atoms with Gasteiger partial charge in [0.15, 0.2) is 0 Å². The van der Waals surface area contributed by atoms with Crippen molar-refractivity contribution >= 4 is 27.4 Å². The predicted molar refractivity (Wildman–Crippen MR) is 147 cm³/mol. The number of pyridine rings is 1. The number of benzene rings is 2. The molecular weight excluding hydrogens is 557 g/mol. The number of carbonyl (C=O) groups excluding carboxylic acids is 1. The SMILES string of the molecule is O=C1Nc2ccc(-c3ccc(S(=O)(=O)N4CCC(Nc5ccc(C(F)(F)F)cn5)CC4)cc3)cc2C12CCOCC2. The van der Waals surface area contributed by atoms with Gasteiger partial charge in [-0.05, 0) is 78.8 Å². The third-order valence-corrected chi connectivity index (χ3v) is 10.2. The fourth-order valence-corrected chi connectivity index (χ4v) is 7.34. The Hall–Kier alpha value is -3.48. The van der Waals surface area contributed by atoms with E-state index in [4.69, 9.17) is 4.74 Å². The first kappa shape index (κ1) is 27.7. The molecule has 216 valence electrons. The minimum absolute atomic E-state index is 0.00369. The molecule has 0 radical (unpaired) electrons. The van der Waals surface area contributed by atoms with Gasteiger partial charge >= 0.3 is 6.18 Å². The number of rotatable bonds is 5. The maximum atomic E-state index is 13.4. The molecule has 2 aromatic carbocycles. The van der Waals surface area contributed by atoms with Crippen LogP contribution in [0, 0.1) is 0 Å². The summed E-state index contributed by atoms with van der Waals surface area (Å²) >= 11 is 0. The Balaban J connectivity index is 1.12. The van der Waals surface area contributed by atoms with Gasteiger partial charge in [-0.2, -0.15) is 17.5 Å². The number of hydrogen-bond acceptors (Lipinski definition) is 6. The molecule has 1 aromatic heterocycles. The average Bonchev–Trinajstić information content (AvgIpc) is 3.23. The van der Waals surface area contributed by atoms with E-state index in [2.05, 4.69) is 15.6 Å². The van der Waals surface area contributed by atoms with Crippen molar-refractivity contribution in [1.29, 1.82) is 0 Å². The summed E-state index contributed by atoms with van der Waals surface area (Å²) in [5, 5.41) is 6.10. The number of nitrogens with zero attached hydrogens (tertiary/aromatic N) is 2. The zero-order chi connectivity index (χ0) is 28.8. The van der Waals surface area contributed by atoms with Crippen molar-refractivity contribution in [2.75, 3.05) is 36.9 Å². The van der Waals surface area contributed by atoms with Crippen molar-refractivity contribution in [1.82, 2.24) is 9.29 Å². The molecule has 0 bridgehead atoms. The molecule has 4 heterocycles. The van der Waals surface area contributed by atoms with Gasteiger partial charge in [0.05, 0.1) is 15.9 Å². The van der Waals surface area contributed by atoms with Crippen molar-refractivity contribution in [3.8, 4) is 11.1 Å². The summed E-state index contributed by atoms with van der Waals surface area (Å²) in [6.45, 7) is 1.62. The van der Waals surface area contributed by atoms with Crippen molar-refractivity contribution in [3.63, 3.8) is 0 Å². The predicted octanol–water partition coefficient (Wildman–Crippen LogP) is 5.03. The zero-order valence-corrected chi connectivity index (χ0v) is 22.9. The lowest BCUT2D eigenvalue weighted by atomic mass is 9.74. The highest BCUT2D eigenvalue weighted by atomic mass is 32.2. The van der Waals surface area contributed by atoms with Gasteiger partial charge in [-0.3, -0.25) is 4.79 Å². The van der Waals surface area contributed by atoms with E-state index < -0.39 is 27.2 Å². The van der Waals surface area contributed by atoms with Crippen molar-refractivity contribution in [2.24, 2.45) is 0 Å². The molecule has 0 aliphatic carbocycles. The Morgan fingerprint density at radius 1 is 0.976 bits per heavy atom. The summed E-state index contributed by atoms with van der Waals surface area (Å²) in [5.41, 5.74) is 2.12. The fraction of sp³-hybridized carbons (Fsp3) is 0.379. The van der Waals surface area contributed by atoms with Crippen LogP contribution in [0.4, 0.5) is 24.7 Å². The summed E-state index contributed by atoms with van der Waals surface area (Å²) in [5.74, 6) is 0.327. The first-order chi connectivity index (χ1) is 19.6. The highest BCUT2D eigenvalue weighted by Crippen LogP contribution is 2.46. The van der Waals surface area contributed by atoms with Gasteiger partial charge < -0.3 is 15.4 Å². The minimum atomic E-state index is -4.45. The van der Waals surface area contributed by atoms with Gasteiger partial charge in [0.1, 0.15) is 5.82 Å². The van der Waals surface area contributed by atoms with Crippen LogP contribution in [0.15, 0.2) is 65.7 Å². The molecule has 3 aliphatic rings. The van der Waals surface area contributed by atoms with Crippen molar-refractivity contribution in [3.05, 3.63) is 71.9 Å². The second kappa shape index (κ2) is 10.4. The Kier molecular flexibility index (Phi) is 7.03. The van der Waals surface area contributed by atoms with Crippen LogP contribution in [-0.2, 0) is 31.1 Å². The van der Waals surface area contributed by atoms with Crippen LogP contribution in [0.5, 0.6) is 0 Å². The number of nitrogens with one attached hydrogen (secondary N) is 2. The molecular formula is C29H29F3N4O4S. The normalized spacial score (nSPS) is 19.6. The van der Waals surface area contributed by atoms with Gasteiger partial charge in [-0.15, -0.1) is 0 Å². The first-order valence-electron chi connectivity index (χ1n) is 13.5. The molecule has 41 heavy (non-hydrogen) atoms. The highest BCUT2D eigenvalue weighted by Gasteiger charge is 2.47. The first-order valence-corrected chi connectivity index (χ1v) is 14.9. The number of halogens is 3. The van der Waals surface area contributed by atoms with E-state index in [-0.39, 0.29) is 29.9 Å². The van der Waals surface area contributed by atoms with E-state index >= 15 is 0 Å². The average molecular weight is 587 g/mol. The van der Waals surface area contributed by atoms with Gasteiger partial charge in [-0.25, -0.2) is 13.4 Å². The molecule has 8 nitrogen and oxygen atoms in total. The summed E-state index contributed by atoms with van der Waals surface area (Å²) in [7, 11) is -3.72. The number of sulfonamides is 1. The zero-order valence-electron chi connectivity index (χ0n) is 22.1. The minimum Gasteiger partial charge on any atom is -0.381 e. The van der Waals surface area contributed by atoms with Crippen LogP contribution in [0.3, 0.4) is 0 Å². The van der Waals surface area contributed by atoms with Crippen LogP contribution in [0.2, 0.25) is 0 Å². The molecule has 2 fully saturated rings. The summed E-state index contributed by atoms with van der Waals surface area (Å²) < 4.78 is 71.9. The largest absolute Gasteiger partial charge is 0.417 e. The Labute approximate surface area is 236 Å². The van der Waals surface area contributed by atoms with Gasteiger partial charge in [0.2, 0.25) is 15.9 Å². The van der Waals surface area contributed by atoms with Crippen molar-refractivity contribution < 1.29 is 31.1 Å². The number of hydrogen-bond donors (Lipinski definition) is 2. The summed E-state index contributed by atoms with van der Waals surface area (Å²) in [6.07, 6.45) is -1.42. The molecule has 0 unspecified atom stereocenters. The van der Waals surface area contributed by atoms with Crippen LogP contribution in [0.25, 0.3) is 11.1 Å². The maximum absolute atomic E-state index is 13.4. The van der Waals surface area contributed by atoms with E-state index in [0.29, 0.717) is 44.7 Å². The quantitative estimate of drug-likeness (QED) is 0.435. The molecule has 3 aromatic rings. The topological polar surface area (TPSA) is 101 Å². The van der Waals surface area contributed by atoms with E-state index in [9.17, 15) is 26.4 Å². The monoisotopic (exact) mass is 586 g/mol. The van der Waals surface area contributed by atoms with Gasteiger partial charge in [0, 0.05) is 44.2 Å². The smallest absolute Gasteiger partial charge is 0.381 e. The van der Waals surface area contributed by atoms with Gasteiger partial charge in [0.25, 0.3) is 0 Å². The van der Waals surface area contributed by atoms with E-state index in [1.54, 1.807) is 24.3 Å². The molecule has 12 heteroatoms. The third-order valence-electron chi connectivity index (χ3n) is 8.29. The number of aromatic nitrogens is 1. The molecule has 2 saturated heterocycles. The molecule has 0 saturated carbocycles. The third kappa shape index (κ3) is 5.20. The number of piperidine rings is 1. The van der Waals surface area contributed by atoms with E-state index in [1.807, 2.05) is 18.2 Å². The molecule has 3 aliphatic heterocycles. The maximum Gasteiger partial charge on any atom is 0.417 e.